The molecule has 0 fully saturated rings. The van der Waals surface area contributed by atoms with Crippen LogP contribution < -0.4 is 10.5 Å². The normalized spacial score (nSPS) is 21.0. The Balaban J connectivity index is 2.39. The molecule has 1 aromatic heterocycles. The summed E-state index contributed by atoms with van der Waals surface area (Å²) in [5.41, 5.74) is 0.235. The Morgan fingerprint density at radius 3 is 2.39 bits per heavy atom. The summed E-state index contributed by atoms with van der Waals surface area (Å²) < 4.78 is 47.2. The van der Waals surface area contributed by atoms with Crippen LogP contribution in [0.2, 0.25) is 0 Å². The number of amides is 2. The monoisotopic (exact) mass is 505 g/mol. The summed E-state index contributed by atoms with van der Waals surface area (Å²) in [7, 11) is -3.56. The van der Waals surface area contributed by atoms with E-state index < -0.39 is 34.2 Å². The van der Waals surface area contributed by atoms with Crippen LogP contribution in [0.5, 0.6) is 0 Å². The number of thiophene rings is 1. The summed E-state index contributed by atoms with van der Waals surface area (Å²) in [5, 5.41) is 19.0. The van der Waals surface area contributed by atoms with Gasteiger partial charge >= 0.3 is 12.6 Å². The van der Waals surface area contributed by atoms with Crippen LogP contribution in [0.3, 0.4) is 0 Å². The van der Waals surface area contributed by atoms with Gasteiger partial charge in [-0.15, -0.1) is 15.7 Å². The number of ether oxygens (including phenoxy) is 1. The first-order chi connectivity index (χ1) is 15.0. The van der Waals surface area contributed by atoms with E-state index in [1.165, 1.54) is 6.08 Å². The number of hydrogen-bond acceptors (Lipinski definition) is 5. The quantitative estimate of drug-likeness (QED) is 0.481. The van der Waals surface area contributed by atoms with E-state index in [1.54, 1.807) is 32.9 Å². The molecule has 0 aliphatic heterocycles. The minimum absolute atomic E-state index is 0.0226. The van der Waals surface area contributed by atoms with Crippen LogP contribution in [0.1, 0.15) is 52.0 Å². The van der Waals surface area contributed by atoms with E-state index in [-0.39, 0.29) is 27.7 Å². The molecule has 1 heterocycles. The van der Waals surface area contributed by atoms with Crippen molar-refractivity contribution in [1.82, 2.24) is 5.32 Å². The van der Waals surface area contributed by atoms with Gasteiger partial charge < -0.3 is 15.2 Å². The molecular formula is C22H33F2N3O4S2. The number of rotatable bonds is 7. The van der Waals surface area contributed by atoms with Crippen molar-refractivity contribution < 1.29 is 27.6 Å². The predicted octanol–water partition coefficient (Wildman–Crippen LogP) is 5.05. The second-order valence-corrected chi connectivity index (χ2v) is 12.4. The number of nitrogens with zero attached hydrogens (tertiary/aromatic N) is 1. The Kier molecular flexibility index (Phi) is 8.48. The van der Waals surface area contributed by atoms with E-state index >= 15 is 0 Å². The van der Waals surface area contributed by atoms with Crippen molar-refractivity contribution in [3.63, 3.8) is 0 Å². The number of urea groups is 1. The van der Waals surface area contributed by atoms with Gasteiger partial charge in [-0.1, -0.05) is 27.7 Å². The van der Waals surface area contributed by atoms with Crippen LogP contribution in [-0.4, -0.2) is 28.0 Å². The van der Waals surface area contributed by atoms with E-state index in [2.05, 4.69) is 14.4 Å². The number of nitrogens with one attached hydrogen (secondary N) is 1. The van der Waals surface area contributed by atoms with Crippen molar-refractivity contribution in [3.8, 4) is 0 Å². The number of nitrogens with two attached hydrogens (primary N) is 1. The van der Waals surface area contributed by atoms with Gasteiger partial charge in [0.25, 0.3) is 0 Å². The Hall–Kier alpha value is -1.82. The van der Waals surface area contributed by atoms with Crippen LogP contribution in [-0.2, 0) is 20.3 Å². The molecule has 1 aromatic rings. The largest absolute Gasteiger partial charge is 0.435 e. The van der Waals surface area contributed by atoms with Crippen molar-refractivity contribution in [1.29, 1.82) is 0 Å². The number of carbonyl (C=O) groups is 1. The molecule has 33 heavy (non-hydrogen) atoms. The van der Waals surface area contributed by atoms with Crippen LogP contribution in [0, 0.1) is 24.7 Å². The summed E-state index contributed by atoms with van der Waals surface area (Å²) in [6, 6.07) is 0.135. The first-order valence-corrected chi connectivity index (χ1v) is 13.0. The third-order valence-corrected chi connectivity index (χ3v) is 8.75. The molecule has 0 aromatic carbocycles. The third-order valence-electron chi connectivity index (χ3n) is 5.31. The average Bonchev–Trinajstić information content (AvgIpc) is 3.04. The van der Waals surface area contributed by atoms with Crippen molar-refractivity contribution in [2.24, 2.45) is 27.3 Å². The molecule has 2 rings (SSSR count). The number of aliphatic hydroxyl groups is 1. The molecule has 0 spiro atoms. The summed E-state index contributed by atoms with van der Waals surface area (Å²) in [6.45, 7) is 9.56. The maximum Gasteiger partial charge on any atom is 0.387 e. The number of halogens is 2. The highest BCUT2D eigenvalue weighted by Crippen LogP contribution is 2.35. The first kappa shape index (κ1) is 27.4. The van der Waals surface area contributed by atoms with Gasteiger partial charge in [-0.2, -0.15) is 8.78 Å². The molecule has 0 bridgehead atoms. The molecule has 0 saturated heterocycles. The smallest absolute Gasteiger partial charge is 0.387 e. The van der Waals surface area contributed by atoms with Gasteiger partial charge in [-0.05, 0) is 62.0 Å². The minimum Gasteiger partial charge on any atom is -0.435 e. The number of aryl methyl sites for hydroxylation is 1. The van der Waals surface area contributed by atoms with Gasteiger partial charge in [0.2, 0.25) is 0 Å². The predicted molar refractivity (Wildman–Crippen MR) is 126 cm³/mol. The molecule has 2 amide bonds. The van der Waals surface area contributed by atoms with E-state index in [1.807, 2.05) is 27.7 Å². The molecule has 0 radical (unpaired) electrons. The molecule has 3 unspecified atom stereocenters. The van der Waals surface area contributed by atoms with Gasteiger partial charge in [0, 0.05) is 10.8 Å². The van der Waals surface area contributed by atoms with Crippen molar-refractivity contribution in [2.75, 3.05) is 0 Å². The maximum atomic E-state index is 13.1. The Morgan fingerprint density at radius 1 is 1.33 bits per heavy atom. The average molecular weight is 506 g/mol. The van der Waals surface area contributed by atoms with Gasteiger partial charge in [0.1, 0.15) is 9.97 Å². The highest BCUT2D eigenvalue weighted by atomic mass is 32.2. The molecule has 1 aliphatic rings. The zero-order valence-corrected chi connectivity index (χ0v) is 21.5. The second-order valence-electron chi connectivity index (χ2n) is 9.29. The van der Waals surface area contributed by atoms with Crippen LogP contribution in [0.25, 0.3) is 0 Å². The Bertz CT molecular complexity index is 1060. The summed E-state index contributed by atoms with van der Waals surface area (Å²) >= 11 is 1.05. The van der Waals surface area contributed by atoms with Crippen LogP contribution >= 0.6 is 11.3 Å². The van der Waals surface area contributed by atoms with Crippen molar-refractivity contribution in [2.45, 2.75) is 70.9 Å². The standard InChI is InChI=1S/C22H33F2N3O4S2/c1-11(2)15-9-14(31-20(23)24)10-16(12(3)4)18(15)26-21(28)27-33(25,30)17-8-13(5)19(32-17)22(6,7)29/h8-12,15,18,20,29H,1-7H3,(H3,25,26,27,28,30). The summed E-state index contributed by atoms with van der Waals surface area (Å²) in [6.07, 6.45) is 3.06. The van der Waals surface area contributed by atoms with Gasteiger partial charge in [-0.3, -0.25) is 0 Å². The SMILES string of the molecule is Cc1cc(S(N)(=O)=NC(=O)NC2C(C(C)C)=CC(OC(F)F)=CC2C(C)C)sc1C(C)(C)O. The molecule has 3 atom stereocenters. The number of hydrogen-bond donors (Lipinski definition) is 3. The number of allylic oxidation sites excluding steroid dienone is 1. The van der Waals surface area contributed by atoms with E-state index in [4.69, 9.17) is 5.14 Å². The molecule has 0 saturated carbocycles. The van der Waals surface area contributed by atoms with Crippen LogP contribution in [0.4, 0.5) is 13.6 Å². The molecule has 7 nitrogen and oxygen atoms in total. The zero-order valence-electron chi connectivity index (χ0n) is 19.9. The lowest BCUT2D eigenvalue weighted by Gasteiger charge is -2.35. The summed E-state index contributed by atoms with van der Waals surface area (Å²) in [4.78, 5) is 13.4. The fourth-order valence-corrected chi connectivity index (χ4v) is 6.28. The van der Waals surface area contributed by atoms with E-state index in [0.29, 0.717) is 16.0 Å². The topological polar surface area (TPSA) is 114 Å². The number of alkyl halides is 2. The van der Waals surface area contributed by atoms with Crippen molar-refractivity contribution in [3.05, 3.63) is 40.0 Å². The van der Waals surface area contributed by atoms with E-state index in [0.717, 1.165) is 11.3 Å². The third kappa shape index (κ3) is 6.84. The minimum atomic E-state index is -3.56. The molecule has 11 heteroatoms. The second kappa shape index (κ2) is 10.2. The van der Waals surface area contributed by atoms with Gasteiger partial charge in [-0.25, -0.2) is 14.1 Å². The number of carbonyl (C=O) groups excluding carboxylic acids is 1. The zero-order chi connectivity index (χ0) is 25.3. The van der Waals surface area contributed by atoms with Crippen LogP contribution in [0.15, 0.2) is 38.1 Å². The lowest BCUT2D eigenvalue weighted by Crippen LogP contribution is -2.44. The lowest BCUT2D eigenvalue weighted by atomic mass is 9.77. The summed E-state index contributed by atoms with van der Waals surface area (Å²) in [5.74, 6) is -0.408. The van der Waals surface area contributed by atoms with Gasteiger partial charge in [0.15, 0.2) is 9.92 Å². The first-order valence-electron chi connectivity index (χ1n) is 10.6. The van der Waals surface area contributed by atoms with E-state index in [9.17, 15) is 22.9 Å². The molecule has 4 N–H and O–H groups in total. The highest BCUT2D eigenvalue weighted by Gasteiger charge is 2.34. The molecule has 1 aliphatic carbocycles. The fraction of sp³-hybridized carbons (Fsp3) is 0.591. The highest BCUT2D eigenvalue weighted by molar-refractivity contribution is 7.93. The fourth-order valence-electron chi connectivity index (χ4n) is 3.80. The maximum absolute atomic E-state index is 13.1. The van der Waals surface area contributed by atoms with Crippen molar-refractivity contribution >= 4 is 27.3 Å². The molecule has 186 valence electrons. The molecular weight excluding hydrogens is 472 g/mol. The Labute approximate surface area is 198 Å². The van der Waals surface area contributed by atoms with Gasteiger partial charge in [0.05, 0.1) is 11.6 Å². The lowest BCUT2D eigenvalue weighted by molar-refractivity contribution is -0.0932. The Morgan fingerprint density at radius 2 is 1.94 bits per heavy atom.